The van der Waals surface area contributed by atoms with Gasteiger partial charge in [0.05, 0.1) is 17.4 Å². The summed E-state index contributed by atoms with van der Waals surface area (Å²) in [6.45, 7) is 5.40. The number of hydrogen-bond donors (Lipinski definition) is 1. The molecule has 0 aromatic carbocycles. The van der Waals surface area contributed by atoms with Crippen LogP contribution in [0.5, 0.6) is 0 Å². The number of hydrogen-bond acceptors (Lipinski definition) is 9. The van der Waals surface area contributed by atoms with Gasteiger partial charge in [0.2, 0.25) is 11.8 Å². The number of carbonyl (C=O) groups is 3. The summed E-state index contributed by atoms with van der Waals surface area (Å²) in [5, 5.41) is 7.88. The van der Waals surface area contributed by atoms with E-state index in [-0.39, 0.29) is 51.7 Å². The fourth-order valence-corrected chi connectivity index (χ4v) is 6.59. The molecule has 6 rings (SSSR count). The Balaban J connectivity index is 1.31. The van der Waals surface area contributed by atoms with Crippen LogP contribution in [-0.2, 0) is 16.1 Å². The molecular weight excluding hydrogens is 633 g/mol. The number of amides is 2. The van der Waals surface area contributed by atoms with Crippen LogP contribution in [0, 0.1) is 25.1 Å². The van der Waals surface area contributed by atoms with Crippen molar-refractivity contribution >= 4 is 50.2 Å². The Morgan fingerprint density at radius 1 is 1.11 bits per heavy atom. The van der Waals surface area contributed by atoms with Crippen molar-refractivity contribution in [2.75, 3.05) is 26.0 Å². The molecule has 5 heterocycles. The third-order valence-corrected chi connectivity index (χ3v) is 8.89. The molecule has 1 saturated heterocycles. The molecule has 4 aromatic rings. The molecule has 4 aromatic heterocycles. The zero-order valence-corrected chi connectivity index (χ0v) is 26.5. The van der Waals surface area contributed by atoms with E-state index in [0.29, 0.717) is 40.0 Å². The van der Waals surface area contributed by atoms with E-state index in [9.17, 15) is 18.8 Å². The molecule has 1 N–H and O–H groups in total. The van der Waals surface area contributed by atoms with Crippen LogP contribution < -0.4 is 5.32 Å². The third-order valence-electron chi connectivity index (χ3n) is 8.34. The number of ketones is 1. The molecule has 1 aliphatic heterocycles. The predicted molar refractivity (Wildman–Crippen MR) is 163 cm³/mol. The molecule has 3 atom stereocenters. The number of nitrogens with zero attached hydrogens (tertiary/aromatic N) is 8. The highest BCUT2D eigenvalue weighted by molar-refractivity contribution is 9.10. The van der Waals surface area contributed by atoms with Gasteiger partial charge in [0.25, 0.3) is 0 Å². The van der Waals surface area contributed by atoms with Gasteiger partial charge >= 0.3 is 0 Å². The molecule has 14 heteroatoms. The van der Waals surface area contributed by atoms with Crippen LogP contribution in [0.15, 0.2) is 35.3 Å². The minimum absolute atomic E-state index is 0.0109. The van der Waals surface area contributed by atoms with E-state index in [1.165, 1.54) is 17.7 Å². The van der Waals surface area contributed by atoms with Crippen LogP contribution in [0.1, 0.15) is 41.6 Å². The first-order chi connectivity index (χ1) is 20.9. The van der Waals surface area contributed by atoms with Gasteiger partial charge in [0.15, 0.2) is 11.6 Å². The predicted octanol–water partition coefficient (Wildman–Crippen LogP) is 3.56. The quantitative estimate of drug-likeness (QED) is 0.221. The zero-order valence-electron chi connectivity index (χ0n) is 24.9. The van der Waals surface area contributed by atoms with Crippen molar-refractivity contribution in [1.82, 2.24) is 39.5 Å². The van der Waals surface area contributed by atoms with Gasteiger partial charge in [-0.15, -0.1) is 0 Å². The van der Waals surface area contributed by atoms with E-state index < -0.39 is 11.9 Å². The molecule has 44 heavy (non-hydrogen) atoms. The fraction of sp³-hybridized carbons (Fsp3) is 0.400. The van der Waals surface area contributed by atoms with E-state index in [0.717, 1.165) is 13.0 Å². The van der Waals surface area contributed by atoms with Gasteiger partial charge in [-0.1, -0.05) is 0 Å². The number of nitrogens with one attached hydrogen (secondary N) is 1. The smallest absolute Gasteiger partial charge is 0.248 e. The van der Waals surface area contributed by atoms with E-state index in [1.54, 1.807) is 43.4 Å². The summed E-state index contributed by atoms with van der Waals surface area (Å²) in [4.78, 5) is 61.1. The normalized spacial score (nSPS) is 20.7. The maximum absolute atomic E-state index is 14.0. The van der Waals surface area contributed by atoms with E-state index in [2.05, 4.69) is 51.2 Å². The summed E-state index contributed by atoms with van der Waals surface area (Å²) >= 11 is 3.08. The molecule has 1 aliphatic carbocycles. The van der Waals surface area contributed by atoms with Crippen molar-refractivity contribution in [3.63, 3.8) is 0 Å². The van der Waals surface area contributed by atoms with Gasteiger partial charge in [0, 0.05) is 48.3 Å². The van der Waals surface area contributed by atoms with E-state index in [4.69, 9.17) is 0 Å². The summed E-state index contributed by atoms with van der Waals surface area (Å²) in [6.07, 6.45) is 6.17. The lowest BCUT2D eigenvalue weighted by Crippen LogP contribution is -2.47. The maximum atomic E-state index is 14.0. The number of halogens is 2. The molecule has 12 nitrogen and oxygen atoms in total. The lowest BCUT2D eigenvalue weighted by Gasteiger charge is -2.27. The van der Waals surface area contributed by atoms with Crippen LogP contribution in [0.4, 0.5) is 10.2 Å². The van der Waals surface area contributed by atoms with Gasteiger partial charge in [0.1, 0.15) is 34.5 Å². The van der Waals surface area contributed by atoms with Gasteiger partial charge < -0.3 is 15.1 Å². The number of aryl methyl sites for hydroxylation is 2. The monoisotopic (exact) mass is 663 g/mol. The number of pyridine rings is 2. The number of fused-ring (bicyclic) bond motifs is 2. The molecule has 0 unspecified atom stereocenters. The van der Waals surface area contributed by atoms with Crippen molar-refractivity contribution < 1.29 is 18.8 Å². The molecule has 0 bridgehead atoms. The Hall–Kier alpha value is -4.17. The fourth-order valence-electron chi connectivity index (χ4n) is 6.30. The molecule has 1 saturated carbocycles. The van der Waals surface area contributed by atoms with Crippen molar-refractivity contribution in [2.24, 2.45) is 5.41 Å². The average Bonchev–Trinajstić information content (AvgIpc) is 3.36. The highest BCUT2D eigenvalue weighted by Crippen LogP contribution is 2.60. The lowest BCUT2D eigenvalue weighted by molar-refractivity contribution is -0.138. The first kappa shape index (κ1) is 29.9. The Kier molecular flexibility index (Phi) is 7.52. The molecule has 2 fully saturated rings. The highest BCUT2D eigenvalue weighted by Gasteiger charge is 2.67. The minimum Gasteiger partial charge on any atom is -0.325 e. The van der Waals surface area contributed by atoms with E-state index >= 15 is 0 Å². The van der Waals surface area contributed by atoms with Gasteiger partial charge in [-0.2, -0.15) is 5.10 Å². The second-order valence-electron chi connectivity index (χ2n) is 11.9. The second kappa shape index (κ2) is 11.1. The summed E-state index contributed by atoms with van der Waals surface area (Å²) in [5.41, 5.74) is 2.25. The van der Waals surface area contributed by atoms with Gasteiger partial charge in [-0.25, -0.2) is 19.3 Å². The molecule has 2 amide bonds. The van der Waals surface area contributed by atoms with Crippen LogP contribution in [0.25, 0.3) is 22.2 Å². The third kappa shape index (κ3) is 5.36. The standard InChI is InChI=1S/C30H31BrFN9O3/c1-15-6-20(32)27(31)36-28(15)37-29(44)22-8-30(14-39(4)5)9-24(30)41(22)25(43)13-40-23-12-35-21(18-10-33-17(3)34-11-18)7-19(23)26(38-40)16(2)42/h6-7,10-12,22,24H,8-9,13-14H2,1-5H3,(H,36,37,44)/t22-,24+,30-/m0/s1. The maximum Gasteiger partial charge on any atom is 0.248 e. The Morgan fingerprint density at radius 2 is 1.84 bits per heavy atom. The summed E-state index contributed by atoms with van der Waals surface area (Å²) in [7, 11) is 3.94. The van der Waals surface area contributed by atoms with Crippen molar-refractivity contribution in [2.45, 2.75) is 52.2 Å². The van der Waals surface area contributed by atoms with Crippen molar-refractivity contribution in [1.29, 1.82) is 0 Å². The van der Waals surface area contributed by atoms with Crippen LogP contribution >= 0.6 is 15.9 Å². The minimum atomic E-state index is -0.758. The summed E-state index contributed by atoms with van der Waals surface area (Å²) < 4.78 is 15.4. The average molecular weight is 665 g/mol. The second-order valence-corrected chi connectivity index (χ2v) is 12.7. The SMILES string of the molecule is CC(=O)c1nn(CC(=O)N2[C@H](C(=O)Nc3nc(Br)c(F)cc3C)C[C@@]3(CN(C)C)C[C@@H]23)c2cnc(-c3cnc(C)nc3)cc12. The molecule has 228 valence electrons. The number of likely N-dealkylation sites (tertiary alicyclic amines) is 1. The molecule has 0 spiro atoms. The van der Waals surface area contributed by atoms with Gasteiger partial charge in [-0.3, -0.25) is 24.0 Å². The number of Topliss-reactive ketones (excluding diaryl/α,β-unsaturated/α-hetero) is 1. The topological polar surface area (TPSA) is 139 Å². The van der Waals surface area contributed by atoms with Gasteiger partial charge in [-0.05, 0) is 74.4 Å². The first-order valence-electron chi connectivity index (χ1n) is 14.1. The summed E-state index contributed by atoms with van der Waals surface area (Å²) in [5.74, 6) is -0.621. The van der Waals surface area contributed by atoms with Crippen molar-refractivity contribution in [3.05, 3.63) is 58.2 Å². The zero-order chi connectivity index (χ0) is 31.5. The molecule has 0 radical (unpaired) electrons. The molecule has 2 aliphatic rings. The number of carbonyl (C=O) groups excluding carboxylic acids is 3. The largest absolute Gasteiger partial charge is 0.325 e. The molecular formula is C30H31BrFN9O3. The number of anilines is 1. The Labute approximate surface area is 261 Å². The number of piperidine rings is 1. The number of aromatic nitrogens is 6. The van der Waals surface area contributed by atoms with E-state index in [1.807, 2.05) is 14.1 Å². The lowest BCUT2D eigenvalue weighted by atomic mass is 9.98. The van der Waals surface area contributed by atoms with Crippen LogP contribution in [0.3, 0.4) is 0 Å². The Morgan fingerprint density at radius 3 is 2.52 bits per heavy atom. The highest BCUT2D eigenvalue weighted by atomic mass is 79.9. The van der Waals surface area contributed by atoms with Crippen LogP contribution in [0.2, 0.25) is 0 Å². The Bertz CT molecular complexity index is 1830. The first-order valence-corrected chi connectivity index (χ1v) is 14.9. The van der Waals surface area contributed by atoms with Crippen LogP contribution in [-0.4, -0.2) is 89.8 Å². The van der Waals surface area contributed by atoms with Crippen molar-refractivity contribution in [3.8, 4) is 11.3 Å². The summed E-state index contributed by atoms with van der Waals surface area (Å²) in [6, 6.07) is 2.16. The number of rotatable bonds is 8.